The Bertz CT molecular complexity index is 641. The van der Waals surface area contributed by atoms with Crippen LogP contribution >= 0.6 is 12.4 Å². The molecule has 2 aromatic rings. The maximum Gasteiger partial charge on any atom is 0.256 e. The molecule has 1 saturated carbocycles. The number of nitrogens with two attached hydrogens (primary N) is 1. The number of hydrogen-bond donors (Lipinski definition) is 2. The first-order valence-corrected chi connectivity index (χ1v) is 7.01. The highest BCUT2D eigenvalue weighted by molar-refractivity contribution is 5.99. The van der Waals surface area contributed by atoms with E-state index in [1.54, 1.807) is 10.7 Å². The fourth-order valence-corrected chi connectivity index (χ4v) is 2.87. The summed E-state index contributed by atoms with van der Waals surface area (Å²) in [5, 5.41) is 7.24. The Labute approximate surface area is 129 Å². The Kier molecular flexibility index (Phi) is 4.80. The summed E-state index contributed by atoms with van der Waals surface area (Å²) >= 11 is 0. The second-order valence-corrected chi connectivity index (χ2v) is 5.40. The molecule has 1 aliphatic rings. The fraction of sp³-hybridized carbons (Fsp3) is 0.500. The molecule has 1 aliphatic carbocycles. The molecular weight excluding hydrogens is 290 g/mol. The highest BCUT2D eigenvalue weighted by atomic mass is 35.5. The molecule has 0 spiro atoms. The Morgan fingerprint density at radius 2 is 2.33 bits per heavy atom. The van der Waals surface area contributed by atoms with Gasteiger partial charge in [-0.05, 0) is 38.3 Å². The number of nitrogens with one attached hydrogen (secondary N) is 1. The number of nitrogens with zero attached hydrogens (tertiary/aromatic N) is 3. The molecule has 0 aliphatic heterocycles. The van der Waals surface area contributed by atoms with Crippen LogP contribution in [0.1, 0.15) is 35.3 Å². The smallest absolute Gasteiger partial charge is 0.256 e. The van der Waals surface area contributed by atoms with E-state index < -0.39 is 0 Å². The van der Waals surface area contributed by atoms with E-state index in [1.165, 1.54) is 0 Å². The van der Waals surface area contributed by atoms with E-state index in [0.717, 1.165) is 25.0 Å². The first-order chi connectivity index (χ1) is 9.69. The van der Waals surface area contributed by atoms with Crippen LogP contribution < -0.4 is 11.1 Å². The van der Waals surface area contributed by atoms with E-state index in [9.17, 15) is 4.79 Å². The summed E-state index contributed by atoms with van der Waals surface area (Å²) in [5.41, 5.74) is 7.74. The summed E-state index contributed by atoms with van der Waals surface area (Å²) in [6.45, 7) is 2.52. The maximum atomic E-state index is 12.4. The SMILES string of the molecule is Cc1ccn2ncc(C(=O)NC3CCCC3CN)c2n1.Cl. The van der Waals surface area contributed by atoms with Gasteiger partial charge >= 0.3 is 0 Å². The summed E-state index contributed by atoms with van der Waals surface area (Å²) < 4.78 is 1.62. The van der Waals surface area contributed by atoms with Gasteiger partial charge in [0.15, 0.2) is 5.65 Å². The van der Waals surface area contributed by atoms with E-state index in [4.69, 9.17) is 5.73 Å². The lowest BCUT2D eigenvalue weighted by atomic mass is 10.0. The number of aryl methyl sites for hydroxylation is 1. The van der Waals surface area contributed by atoms with Gasteiger partial charge in [-0.1, -0.05) is 6.42 Å². The van der Waals surface area contributed by atoms with E-state index in [0.29, 0.717) is 23.7 Å². The van der Waals surface area contributed by atoms with Gasteiger partial charge in [-0.3, -0.25) is 4.79 Å². The van der Waals surface area contributed by atoms with E-state index in [2.05, 4.69) is 15.4 Å². The predicted octanol–water partition coefficient (Wildman–Crippen LogP) is 1.32. The molecule has 3 rings (SSSR count). The molecule has 2 unspecified atom stereocenters. The predicted molar refractivity (Wildman–Crippen MR) is 82.6 cm³/mol. The molecule has 0 radical (unpaired) electrons. The Morgan fingerprint density at radius 1 is 1.52 bits per heavy atom. The van der Waals surface area contributed by atoms with Crippen LogP contribution in [-0.4, -0.2) is 33.1 Å². The molecule has 1 amide bonds. The molecule has 114 valence electrons. The van der Waals surface area contributed by atoms with E-state index in [1.807, 2.05) is 19.2 Å². The molecule has 7 heteroatoms. The van der Waals surface area contributed by atoms with Gasteiger partial charge in [0.1, 0.15) is 5.56 Å². The zero-order chi connectivity index (χ0) is 14.1. The van der Waals surface area contributed by atoms with Gasteiger partial charge < -0.3 is 11.1 Å². The van der Waals surface area contributed by atoms with Crippen LogP contribution in [0.3, 0.4) is 0 Å². The monoisotopic (exact) mass is 309 g/mol. The number of hydrogen-bond acceptors (Lipinski definition) is 4. The van der Waals surface area contributed by atoms with Crippen molar-refractivity contribution in [2.75, 3.05) is 6.54 Å². The van der Waals surface area contributed by atoms with Gasteiger partial charge in [-0.2, -0.15) is 5.10 Å². The molecular formula is C14H20ClN5O. The third-order valence-corrected chi connectivity index (χ3v) is 4.03. The lowest BCUT2D eigenvalue weighted by molar-refractivity contribution is 0.0930. The van der Waals surface area contributed by atoms with Crippen molar-refractivity contribution >= 4 is 24.0 Å². The van der Waals surface area contributed by atoms with Crippen LogP contribution in [0.2, 0.25) is 0 Å². The summed E-state index contributed by atoms with van der Waals surface area (Å²) in [6.07, 6.45) is 6.60. The van der Waals surface area contributed by atoms with E-state index in [-0.39, 0.29) is 24.4 Å². The van der Waals surface area contributed by atoms with Crippen molar-refractivity contribution in [3.63, 3.8) is 0 Å². The second-order valence-electron chi connectivity index (χ2n) is 5.40. The summed E-state index contributed by atoms with van der Waals surface area (Å²) in [4.78, 5) is 16.8. The first kappa shape index (κ1) is 15.7. The van der Waals surface area contributed by atoms with Crippen LogP contribution in [0.4, 0.5) is 0 Å². The van der Waals surface area contributed by atoms with Crippen LogP contribution in [0.15, 0.2) is 18.5 Å². The molecule has 6 nitrogen and oxygen atoms in total. The van der Waals surface area contributed by atoms with Crippen LogP contribution in [0.5, 0.6) is 0 Å². The molecule has 21 heavy (non-hydrogen) atoms. The number of carbonyl (C=O) groups excluding carboxylic acids is 1. The van der Waals surface area contributed by atoms with Gasteiger partial charge in [-0.25, -0.2) is 9.50 Å². The molecule has 2 aromatic heterocycles. The van der Waals surface area contributed by atoms with Crippen LogP contribution in [-0.2, 0) is 0 Å². The standard InChI is InChI=1S/C14H19N5O.ClH/c1-9-5-6-19-13(17-9)11(8-16-19)14(20)18-12-4-2-3-10(12)7-15;/h5-6,8,10,12H,2-4,7,15H2,1H3,(H,18,20);1H. The summed E-state index contributed by atoms with van der Waals surface area (Å²) in [6, 6.07) is 2.04. The Balaban J connectivity index is 0.00000161. The van der Waals surface area contributed by atoms with Gasteiger partial charge in [-0.15, -0.1) is 12.4 Å². The number of amides is 1. The van der Waals surface area contributed by atoms with Crippen LogP contribution in [0.25, 0.3) is 5.65 Å². The van der Waals surface area contributed by atoms with Crippen LogP contribution in [0, 0.1) is 12.8 Å². The van der Waals surface area contributed by atoms with Crippen molar-refractivity contribution in [2.45, 2.75) is 32.2 Å². The summed E-state index contributed by atoms with van der Waals surface area (Å²) in [5.74, 6) is 0.277. The van der Waals surface area contributed by atoms with Gasteiger partial charge in [0, 0.05) is 17.9 Å². The quantitative estimate of drug-likeness (QED) is 0.895. The Hall–Kier alpha value is -1.66. The zero-order valence-electron chi connectivity index (χ0n) is 12.0. The second kappa shape index (κ2) is 6.41. The lowest BCUT2D eigenvalue weighted by Gasteiger charge is -2.18. The molecule has 1 fully saturated rings. The van der Waals surface area contributed by atoms with E-state index >= 15 is 0 Å². The molecule has 0 aromatic carbocycles. The average molecular weight is 310 g/mol. The molecule has 3 N–H and O–H groups in total. The van der Waals surface area contributed by atoms with Crippen molar-refractivity contribution in [1.82, 2.24) is 19.9 Å². The van der Waals surface area contributed by atoms with Crippen molar-refractivity contribution < 1.29 is 4.79 Å². The average Bonchev–Trinajstić information content (AvgIpc) is 3.04. The third-order valence-electron chi connectivity index (χ3n) is 4.03. The number of rotatable bonds is 3. The largest absolute Gasteiger partial charge is 0.349 e. The zero-order valence-corrected chi connectivity index (χ0v) is 12.8. The van der Waals surface area contributed by atoms with Crippen molar-refractivity contribution in [2.24, 2.45) is 11.7 Å². The Morgan fingerprint density at radius 3 is 3.10 bits per heavy atom. The molecule has 0 bridgehead atoms. The third kappa shape index (κ3) is 3.01. The van der Waals surface area contributed by atoms with Crippen molar-refractivity contribution in [1.29, 1.82) is 0 Å². The molecule has 2 heterocycles. The maximum absolute atomic E-state index is 12.4. The molecule has 2 atom stereocenters. The highest BCUT2D eigenvalue weighted by Crippen LogP contribution is 2.25. The summed E-state index contributed by atoms with van der Waals surface area (Å²) in [7, 11) is 0. The first-order valence-electron chi connectivity index (χ1n) is 7.01. The molecule has 0 saturated heterocycles. The topological polar surface area (TPSA) is 85.3 Å². The number of carbonyl (C=O) groups is 1. The van der Waals surface area contributed by atoms with Gasteiger partial charge in [0.25, 0.3) is 5.91 Å². The normalized spacial score (nSPS) is 21.2. The number of halogens is 1. The number of aromatic nitrogens is 3. The highest BCUT2D eigenvalue weighted by Gasteiger charge is 2.28. The minimum Gasteiger partial charge on any atom is -0.349 e. The van der Waals surface area contributed by atoms with Crippen molar-refractivity contribution in [3.05, 3.63) is 29.7 Å². The number of fused-ring (bicyclic) bond motifs is 1. The van der Waals surface area contributed by atoms with Gasteiger partial charge in [0.05, 0.1) is 6.20 Å². The van der Waals surface area contributed by atoms with Crippen molar-refractivity contribution in [3.8, 4) is 0 Å². The lowest BCUT2D eigenvalue weighted by Crippen LogP contribution is -2.39. The van der Waals surface area contributed by atoms with Gasteiger partial charge in [0.2, 0.25) is 0 Å². The minimum atomic E-state index is -0.108. The fourth-order valence-electron chi connectivity index (χ4n) is 2.87. The minimum absolute atomic E-state index is 0.